The predicted octanol–water partition coefficient (Wildman–Crippen LogP) is 0.960. The highest BCUT2D eigenvalue weighted by atomic mass is 16.3. The molecular weight excluding hydrogens is 220 g/mol. The van der Waals surface area contributed by atoms with Crippen molar-refractivity contribution in [1.29, 1.82) is 0 Å². The zero-order valence-corrected chi connectivity index (χ0v) is 9.21. The third-order valence-corrected chi connectivity index (χ3v) is 2.24. The predicted molar refractivity (Wildman–Crippen MR) is 63.7 cm³/mol. The molecule has 0 saturated heterocycles. The topological polar surface area (TPSA) is 93.2 Å². The molecule has 1 heterocycles. The van der Waals surface area contributed by atoms with Gasteiger partial charge in [0.15, 0.2) is 0 Å². The molecule has 0 fully saturated rings. The van der Waals surface area contributed by atoms with Gasteiger partial charge in [-0.05, 0) is 18.2 Å². The molecular formula is C11H12N4O2. The van der Waals surface area contributed by atoms with Crippen LogP contribution in [-0.2, 0) is 7.05 Å². The zero-order chi connectivity index (χ0) is 12.4. The molecule has 6 heteroatoms. The van der Waals surface area contributed by atoms with E-state index >= 15 is 0 Å². The van der Waals surface area contributed by atoms with Gasteiger partial charge in [-0.2, -0.15) is 5.10 Å². The number of rotatable bonds is 2. The van der Waals surface area contributed by atoms with E-state index in [1.807, 2.05) is 0 Å². The minimum Gasteiger partial charge on any atom is -0.508 e. The Hall–Kier alpha value is -2.50. The number of phenolic OH excluding ortho intramolecular Hbond substituents is 1. The van der Waals surface area contributed by atoms with Gasteiger partial charge in [0.1, 0.15) is 5.75 Å². The number of nitrogens with two attached hydrogens (primary N) is 1. The van der Waals surface area contributed by atoms with Crippen LogP contribution < -0.4 is 11.1 Å². The molecule has 6 nitrogen and oxygen atoms in total. The van der Waals surface area contributed by atoms with E-state index in [1.54, 1.807) is 17.9 Å². The van der Waals surface area contributed by atoms with Crippen molar-refractivity contribution >= 4 is 17.3 Å². The highest BCUT2D eigenvalue weighted by Crippen LogP contribution is 2.19. The van der Waals surface area contributed by atoms with Crippen LogP contribution in [0, 0.1) is 0 Å². The Balaban J connectivity index is 2.22. The van der Waals surface area contributed by atoms with Crippen molar-refractivity contribution in [2.45, 2.75) is 0 Å². The molecule has 1 aromatic heterocycles. The molecule has 0 radical (unpaired) electrons. The van der Waals surface area contributed by atoms with Crippen LogP contribution in [0.5, 0.6) is 5.75 Å². The van der Waals surface area contributed by atoms with Crippen molar-refractivity contribution in [3.63, 3.8) is 0 Å². The highest BCUT2D eigenvalue weighted by molar-refractivity contribution is 6.07. The Labute approximate surface area is 97.7 Å². The van der Waals surface area contributed by atoms with E-state index in [1.165, 1.54) is 24.4 Å². The minimum absolute atomic E-state index is 0.00413. The van der Waals surface area contributed by atoms with Gasteiger partial charge in [-0.25, -0.2) is 0 Å². The minimum atomic E-state index is -0.383. The molecule has 4 N–H and O–H groups in total. The molecule has 0 aliphatic heterocycles. The zero-order valence-electron chi connectivity index (χ0n) is 9.21. The smallest absolute Gasteiger partial charge is 0.257 e. The van der Waals surface area contributed by atoms with Crippen molar-refractivity contribution in [3.05, 3.63) is 36.2 Å². The van der Waals surface area contributed by atoms with Gasteiger partial charge in [-0.15, -0.1) is 0 Å². The lowest BCUT2D eigenvalue weighted by Gasteiger charge is -2.05. The molecule has 0 saturated carbocycles. The van der Waals surface area contributed by atoms with Crippen LogP contribution in [0.1, 0.15) is 10.4 Å². The van der Waals surface area contributed by atoms with Crippen LogP contribution in [0.3, 0.4) is 0 Å². The summed E-state index contributed by atoms with van der Waals surface area (Å²) in [5.41, 5.74) is 6.77. The molecule has 17 heavy (non-hydrogen) atoms. The van der Waals surface area contributed by atoms with Gasteiger partial charge in [0.25, 0.3) is 5.91 Å². The molecule has 0 aliphatic carbocycles. The van der Waals surface area contributed by atoms with Crippen molar-refractivity contribution in [2.24, 2.45) is 7.05 Å². The summed E-state index contributed by atoms with van der Waals surface area (Å²) in [7, 11) is 1.75. The highest BCUT2D eigenvalue weighted by Gasteiger charge is 2.11. The second kappa shape index (κ2) is 4.17. The maximum absolute atomic E-state index is 11.9. The average molecular weight is 232 g/mol. The fourth-order valence-corrected chi connectivity index (χ4v) is 1.43. The summed E-state index contributed by atoms with van der Waals surface area (Å²) in [5, 5.41) is 15.9. The summed E-state index contributed by atoms with van der Waals surface area (Å²) in [6.45, 7) is 0. The molecule has 2 aromatic rings. The van der Waals surface area contributed by atoms with Crippen LogP contribution in [0.2, 0.25) is 0 Å². The summed E-state index contributed by atoms with van der Waals surface area (Å²) in [4.78, 5) is 11.9. The molecule has 1 amide bonds. The molecule has 0 unspecified atom stereocenters. The number of carbonyl (C=O) groups excluding carboxylic acids is 1. The quantitative estimate of drug-likeness (QED) is 0.531. The van der Waals surface area contributed by atoms with E-state index in [0.717, 1.165) is 0 Å². The summed E-state index contributed by atoms with van der Waals surface area (Å²) in [6.07, 6.45) is 3.19. The van der Waals surface area contributed by atoms with Crippen molar-refractivity contribution < 1.29 is 9.90 Å². The third kappa shape index (κ3) is 2.36. The van der Waals surface area contributed by atoms with Crippen molar-refractivity contribution in [2.75, 3.05) is 11.1 Å². The molecule has 0 aliphatic rings. The van der Waals surface area contributed by atoms with Gasteiger partial charge in [0.2, 0.25) is 0 Å². The van der Waals surface area contributed by atoms with E-state index in [9.17, 15) is 9.90 Å². The fourth-order valence-electron chi connectivity index (χ4n) is 1.43. The molecule has 0 spiro atoms. The summed E-state index contributed by atoms with van der Waals surface area (Å²) >= 11 is 0. The molecule has 88 valence electrons. The Morgan fingerprint density at radius 2 is 2.29 bits per heavy atom. The number of aromatic nitrogens is 2. The molecule has 1 aromatic carbocycles. The van der Waals surface area contributed by atoms with E-state index in [2.05, 4.69) is 10.4 Å². The number of amides is 1. The molecule has 0 bridgehead atoms. The lowest BCUT2D eigenvalue weighted by molar-refractivity contribution is 0.102. The van der Waals surface area contributed by atoms with E-state index in [4.69, 9.17) is 5.73 Å². The first-order valence-electron chi connectivity index (χ1n) is 4.95. The number of carbonyl (C=O) groups is 1. The van der Waals surface area contributed by atoms with Gasteiger partial charge < -0.3 is 16.2 Å². The first-order chi connectivity index (χ1) is 8.06. The number of anilines is 2. The monoisotopic (exact) mass is 232 g/mol. The van der Waals surface area contributed by atoms with Crippen molar-refractivity contribution in [1.82, 2.24) is 9.78 Å². The van der Waals surface area contributed by atoms with E-state index in [-0.39, 0.29) is 17.2 Å². The summed E-state index contributed by atoms with van der Waals surface area (Å²) < 4.78 is 1.57. The lowest BCUT2D eigenvalue weighted by atomic mass is 10.1. The van der Waals surface area contributed by atoms with Gasteiger partial charge in [-0.1, -0.05) is 0 Å². The third-order valence-electron chi connectivity index (χ3n) is 2.24. The van der Waals surface area contributed by atoms with Crippen LogP contribution in [-0.4, -0.2) is 20.8 Å². The van der Waals surface area contributed by atoms with Crippen LogP contribution in [0.15, 0.2) is 30.6 Å². The number of benzene rings is 1. The van der Waals surface area contributed by atoms with E-state index in [0.29, 0.717) is 11.4 Å². The summed E-state index contributed by atoms with van der Waals surface area (Å²) in [6, 6.07) is 4.23. The first-order valence-corrected chi connectivity index (χ1v) is 4.95. The number of aryl methyl sites for hydroxylation is 1. The molecule has 2 rings (SSSR count). The van der Waals surface area contributed by atoms with E-state index < -0.39 is 0 Å². The second-order valence-corrected chi connectivity index (χ2v) is 3.63. The normalized spacial score (nSPS) is 10.2. The number of nitrogen functional groups attached to an aromatic ring is 1. The number of nitrogens with one attached hydrogen (secondary N) is 1. The second-order valence-electron chi connectivity index (χ2n) is 3.63. The van der Waals surface area contributed by atoms with Crippen LogP contribution in [0.4, 0.5) is 11.4 Å². The number of aromatic hydroxyl groups is 1. The SMILES string of the molecule is Cn1cc(NC(=O)c2cc(O)ccc2N)cn1. The number of nitrogens with zero attached hydrogens (tertiary/aromatic N) is 2. The summed E-state index contributed by atoms with van der Waals surface area (Å²) in [5.74, 6) is -0.387. The van der Waals surface area contributed by atoms with Gasteiger partial charge in [-0.3, -0.25) is 9.48 Å². The number of phenols is 1. The Morgan fingerprint density at radius 3 is 2.94 bits per heavy atom. The Morgan fingerprint density at radius 1 is 1.53 bits per heavy atom. The fraction of sp³-hybridized carbons (Fsp3) is 0.0909. The maximum Gasteiger partial charge on any atom is 0.257 e. The van der Waals surface area contributed by atoms with Gasteiger partial charge in [0, 0.05) is 18.9 Å². The van der Waals surface area contributed by atoms with Gasteiger partial charge in [0.05, 0.1) is 17.4 Å². The van der Waals surface area contributed by atoms with Crippen LogP contribution in [0.25, 0.3) is 0 Å². The Kier molecular flexibility index (Phi) is 2.70. The first kappa shape index (κ1) is 11.0. The largest absolute Gasteiger partial charge is 0.508 e. The Bertz CT molecular complexity index is 562. The standard InChI is InChI=1S/C11H12N4O2/c1-15-6-7(5-13-15)14-11(17)9-4-8(16)2-3-10(9)12/h2-6,16H,12H2,1H3,(H,14,17). The lowest BCUT2D eigenvalue weighted by Crippen LogP contribution is -2.13. The number of hydrogen-bond acceptors (Lipinski definition) is 4. The molecule has 0 atom stereocenters. The average Bonchev–Trinajstić information content (AvgIpc) is 2.67. The van der Waals surface area contributed by atoms with Crippen molar-refractivity contribution in [3.8, 4) is 5.75 Å². The number of hydrogen-bond donors (Lipinski definition) is 3. The van der Waals surface area contributed by atoms with Crippen LogP contribution >= 0.6 is 0 Å². The maximum atomic E-state index is 11.9. The van der Waals surface area contributed by atoms with Gasteiger partial charge >= 0.3 is 0 Å².